The van der Waals surface area contributed by atoms with Crippen molar-refractivity contribution >= 4 is 17.3 Å². The third-order valence-corrected chi connectivity index (χ3v) is 3.20. The van der Waals surface area contributed by atoms with Crippen molar-refractivity contribution in [2.45, 2.75) is 13.2 Å². The maximum atomic E-state index is 11.5. The number of carbonyl (C=O) groups excluding carboxylic acids is 1. The van der Waals surface area contributed by atoms with E-state index in [0.717, 1.165) is 16.8 Å². The SMILES string of the molecule is CNC(=O)c1ccc(NCc2cccc(CO)c2)c(N)c1. The molecule has 2 aromatic carbocycles. The second-order valence-corrected chi connectivity index (χ2v) is 4.71. The quantitative estimate of drug-likeness (QED) is 0.630. The summed E-state index contributed by atoms with van der Waals surface area (Å²) < 4.78 is 0. The molecule has 21 heavy (non-hydrogen) atoms. The summed E-state index contributed by atoms with van der Waals surface area (Å²) in [5.41, 5.74) is 9.70. The molecule has 0 saturated heterocycles. The first-order valence-electron chi connectivity index (χ1n) is 6.68. The summed E-state index contributed by atoms with van der Waals surface area (Å²) in [4.78, 5) is 11.5. The highest BCUT2D eigenvalue weighted by molar-refractivity contribution is 5.95. The molecule has 1 amide bonds. The Morgan fingerprint density at radius 1 is 1.19 bits per heavy atom. The third-order valence-electron chi connectivity index (χ3n) is 3.20. The van der Waals surface area contributed by atoms with E-state index < -0.39 is 0 Å². The number of nitrogens with one attached hydrogen (secondary N) is 2. The lowest BCUT2D eigenvalue weighted by atomic mass is 10.1. The maximum absolute atomic E-state index is 11.5. The molecule has 0 fully saturated rings. The number of benzene rings is 2. The van der Waals surface area contributed by atoms with E-state index in [-0.39, 0.29) is 12.5 Å². The molecule has 2 aromatic rings. The first kappa shape index (κ1) is 14.9. The molecule has 0 bridgehead atoms. The van der Waals surface area contributed by atoms with Gasteiger partial charge in [0.15, 0.2) is 0 Å². The van der Waals surface area contributed by atoms with Crippen LogP contribution in [-0.2, 0) is 13.2 Å². The van der Waals surface area contributed by atoms with Crippen molar-refractivity contribution in [3.63, 3.8) is 0 Å². The lowest BCUT2D eigenvalue weighted by molar-refractivity contribution is 0.0963. The molecule has 0 heterocycles. The maximum Gasteiger partial charge on any atom is 0.251 e. The zero-order chi connectivity index (χ0) is 15.2. The summed E-state index contributed by atoms with van der Waals surface area (Å²) in [6, 6.07) is 12.8. The molecule has 5 heteroatoms. The smallest absolute Gasteiger partial charge is 0.251 e. The zero-order valence-electron chi connectivity index (χ0n) is 11.9. The average molecular weight is 285 g/mol. The van der Waals surface area contributed by atoms with Gasteiger partial charge in [-0.1, -0.05) is 24.3 Å². The highest BCUT2D eigenvalue weighted by atomic mass is 16.3. The normalized spacial score (nSPS) is 10.2. The minimum atomic E-state index is -0.163. The van der Waals surface area contributed by atoms with Gasteiger partial charge in [-0.05, 0) is 29.3 Å². The largest absolute Gasteiger partial charge is 0.397 e. The molecule has 0 aliphatic heterocycles. The predicted molar refractivity (Wildman–Crippen MR) is 83.9 cm³/mol. The zero-order valence-corrected chi connectivity index (χ0v) is 11.9. The van der Waals surface area contributed by atoms with E-state index in [1.165, 1.54) is 0 Å². The molecule has 0 unspecified atom stereocenters. The van der Waals surface area contributed by atoms with Crippen molar-refractivity contribution in [2.75, 3.05) is 18.1 Å². The summed E-state index contributed by atoms with van der Waals surface area (Å²) >= 11 is 0. The summed E-state index contributed by atoms with van der Waals surface area (Å²) in [6.45, 7) is 0.619. The molecule has 0 aliphatic carbocycles. The number of amides is 1. The van der Waals surface area contributed by atoms with E-state index in [1.807, 2.05) is 24.3 Å². The average Bonchev–Trinajstić information content (AvgIpc) is 2.53. The number of aliphatic hydroxyl groups excluding tert-OH is 1. The first-order chi connectivity index (χ1) is 10.1. The highest BCUT2D eigenvalue weighted by Crippen LogP contribution is 2.21. The summed E-state index contributed by atoms with van der Waals surface area (Å²) in [5, 5.41) is 14.9. The second-order valence-electron chi connectivity index (χ2n) is 4.71. The van der Waals surface area contributed by atoms with Gasteiger partial charge in [-0.2, -0.15) is 0 Å². The van der Waals surface area contributed by atoms with E-state index in [2.05, 4.69) is 10.6 Å². The van der Waals surface area contributed by atoms with Crippen LogP contribution in [-0.4, -0.2) is 18.1 Å². The Morgan fingerprint density at radius 2 is 1.95 bits per heavy atom. The fraction of sp³-hybridized carbons (Fsp3) is 0.188. The van der Waals surface area contributed by atoms with Crippen LogP contribution < -0.4 is 16.4 Å². The Kier molecular flexibility index (Phi) is 4.79. The van der Waals surface area contributed by atoms with Crippen LogP contribution in [0.3, 0.4) is 0 Å². The number of rotatable bonds is 5. The number of hydrogen-bond donors (Lipinski definition) is 4. The highest BCUT2D eigenvalue weighted by Gasteiger charge is 2.06. The summed E-state index contributed by atoms with van der Waals surface area (Å²) in [5.74, 6) is -0.163. The van der Waals surface area contributed by atoms with Crippen molar-refractivity contribution in [1.82, 2.24) is 5.32 Å². The number of carbonyl (C=O) groups is 1. The van der Waals surface area contributed by atoms with Crippen LogP contribution >= 0.6 is 0 Å². The molecule has 0 atom stereocenters. The van der Waals surface area contributed by atoms with Crippen molar-refractivity contribution in [3.05, 3.63) is 59.2 Å². The van der Waals surface area contributed by atoms with E-state index in [1.54, 1.807) is 25.2 Å². The Labute approximate surface area is 123 Å². The third kappa shape index (κ3) is 3.73. The Morgan fingerprint density at radius 3 is 2.62 bits per heavy atom. The van der Waals surface area contributed by atoms with Crippen LogP contribution in [0, 0.1) is 0 Å². The minimum Gasteiger partial charge on any atom is -0.397 e. The molecule has 5 N–H and O–H groups in total. The van der Waals surface area contributed by atoms with E-state index >= 15 is 0 Å². The van der Waals surface area contributed by atoms with Crippen molar-refractivity contribution in [3.8, 4) is 0 Å². The van der Waals surface area contributed by atoms with Crippen LogP contribution in [0.2, 0.25) is 0 Å². The fourth-order valence-corrected chi connectivity index (χ4v) is 2.04. The summed E-state index contributed by atoms with van der Waals surface area (Å²) in [7, 11) is 1.58. The van der Waals surface area contributed by atoms with Gasteiger partial charge in [0.1, 0.15) is 0 Å². The van der Waals surface area contributed by atoms with Crippen LogP contribution in [0.1, 0.15) is 21.5 Å². The Balaban J connectivity index is 2.07. The van der Waals surface area contributed by atoms with E-state index in [0.29, 0.717) is 17.8 Å². The molecule has 5 nitrogen and oxygen atoms in total. The van der Waals surface area contributed by atoms with E-state index in [4.69, 9.17) is 10.8 Å². The number of aliphatic hydroxyl groups is 1. The molecule has 110 valence electrons. The number of nitrogen functional groups attached to an aromatic ring is 1. The van der Waals surface area contributed by atoms with Gasteiger partial charge in [0.05, 0.1) is 18.0 Å². The van der Waals surface area contributed by atoms with Gasteiger partial charge in [-0.3, -0.25) is 4.79 Å². The number of nitrogens with two attached hydrogens (primary N) is 1. The number of hydrogen-bond acceptors (Lipinski definition) is 4. The van der Waals surface area contributed by atoms with Gasteiger partial charge >= 0.3 is 0 Å². The molecule has 0 aromatic heterocycles. The van der Waals surface area contributed by atoms with Crippen molar-refractivity contribution in [2.24, 2.45) is 0 Å². The monoisotopic (exact) mass is 285 g/mol. The van der Waals surface area contributed by atoms with Gasteiger partial charge in [0.2, 0.25) is 0 Å². The van der Waals surface area contributed by atoms with Crippen molar-refractivity contribution < 1.29 is 9.90 Å². The predicted octanol–water partition coefficient (Wildman–Crippen LogP) is 1.73. The van der Waals surface area contributed by atoms with Crippen LogP contribution in [0.4, 0.5) is 11.4 Å². The lowest BCUT2D eigenvalue weighted by Crippen LogP contribution is -2.18. The minimum absolute atomic E-state index is 0.0246. The van der Waals surface area contributed by atoms with Gasteiger partial charge in [0, 0.05) is 19.2 Å². The molecule has 0 spiro atoms. The van der Waals surface area contributed by atoms with Crippen LogP contribution in [0.25, 0.3) is 0 Å². The van der Waals surface area contributed by atoms with Gasteiger partial charge in [-0.25, -0.2) is 0 Å². The Hall–Kier alpha value is -2.53. The topological polar surface area (TPSA) is 87.4 Å². The molecule has 2 rings (SSSR count). The van der Waals surface area contributed by atoms with Gasteiger partial charge in [0.25, 0.3) is 5.91 Å². The van der Waals surface area contributed by atoms with Crippen molar-refractivity contribution in [1.29, 1.82) is 0 Å². The molecule has 0 aliphatic rings. The second kappa shape index (κ2) is 6.76. The first-order valence-corrected chi connectivity index (χ1v) is 6.68. The van der Waals surface area contributed by atoms with Crippen LogP contribution in [0.5, 0.6) is 0 Å². The molecule has 0 radical (unpaired) electrons. The fourth-order valence-electron chi connectivity index (χ4n) is 2.04. The number of anilines is 2. The van der Waals surface area contributed by atoms with E-state index in [9.17, 15) is 4.79 Å². The molecule has 0 saturated carbocycles. The van der Waals surface area contributed by atoms with Crippen LogP contribution in [0.15, 0.2) is 42.5 Å². The molecular formula is C16H19N3O2. The lowest BCUT2D eigenvalue weighted by Gasteiger charge is -2.11. The van der Waals surface area contributed by atoms with Gasteiger partial charge in [-0.15, -0.1) is 0 Å². The molecular weight excluding hydrogens is 266 g/mol. The van der Waals surface area contributed by atoms with Gasteiger partial charge < -0.3 is 21.5 Å². The standard InChI is InChI=1S/C16H19N3O2/c1-18-16(21)13-5-6-15(14(17)8-13)19-9-11-3-2-4-12(7-11)10-20/h2-8,19-20H,9-10,17H2,1H3,(H,18,21). The Bertz CT molecular complexity index is 641. The summed E-state index contributed by atoms with van der Waals surface area (Å²) in [6.07, 6.45) is 0.